The van der Waals surface area contributed by atoms with Crippen LogP contribution < -0.4 is 5.32 Å². The molecule has 1 saturated heterocycles. The van der Waals surface area contributed by atoms with E-state index in [1.54, 1.807) is 4.90 Å². The fourth-order valence-corrected chi connectivity index (χ4v) is 3.75. The Balaban J connectivity index is 1.95. The molecular formula is C17H23N3O2S. The lowest BCUT2D eigenvalue weighted by Gasteiger charge is -2.16. The summed E-state index contributed by atoms with van der Waals surface area (Å²) < 4.78 is 0. The Bertz CT molecular complexity index is 589. The van der Waals surface area contributed by atoms with E-state index in [-0.39, 0.29) is 29.5 Å². The minimum Gasteiger partial charge on any atom is -0.350 e. The third kappa shape index (κ3) is 4.34. The van der Waals surface area contributed by atoms with Crippen molar-refractivity contribution in [2.24, 2.45) is 4.99 Å². The molecule has 0 saturated carbocycles. The summed E-state index contributed by atoms with van der Waals surface area (Å²) in [7, 11) is 0. The van der Waals surface area contributed by atoms with Gasteiger partial charge in [0.1, 0.15) is 5.25 Å². The van der Waals surface area contributed by atoms with Crippen LogP contribution in [0.15, 0.2) is 35.3 Å². The summed E-state index contributed by atoms with van der Waals surface area (Å²) >= 11 is 1.39. The van der Waals surface area contributed by atoms with Crippen molar-refractivity contribution < 1.29 is 9.59 Å². The molecule has 1 heterocycles. The molecule has 1 aliphatic heterocycles. The molecule has 5 nitrogen and oxygen atoms in total. The average Bonchev–Trinajstić information content (AvgIpc) is 2.83. The van der Waals surface area contributed by atoms with Crippen LogP contribution in [-0.4, -0.2) is 40.2 Å². The SMILES string of the molecule is CCN=C1S[C@H](CC(=O)N[C@@H](C)c2ccccc2)C(=O)N1CC. The Morgan fingerprint density at radius 3 is 2.65 bits per heavy atom. The molecule has 124 valence electrons. The summed E-state index contributed by atoms with van der Waals surface area (Å²) in [5.41, 5.74) is 1.05. The quantitative estimate of drug-likeness (QED) is 0.870. The van der Waals surface area contributed by atoms with Crippen molar-refractivity contribution in [2.75, 3.05) is 13.1 Å². The molecule has 1 aliphatic rings. The number of carbonyl (C=O) groups excluding carboxylic acids is 2. The molecule has 2 rings (SSSR count). The summed E-state index contributed by atoms with van der Waals surface area (Å²) in [6, 6.07) is 9.72. The fourth-order valence-electron chi connectivity index (χ4n) is 2.48. The second-order valence-corrected chi connectivity index (χ2v) is 6.52. The first-order valence-corrected chi connectivity index (χ1v) is 8.81. The molecule has 0 unspecified atom stereocenters. The number of amides is 2. The molecule has 0 bridgehead atoms. The molecule has 2 amide bonds. The maximum atomic E-state index is 12.4. The van der Waals surface area contributed by atoms with Gasteiger partial charge in [-0.15, -0.1) is 0 Å². The van der Waals surface area contributed by atoms with Gasteiger partial charge >= 0.3 is 0 Å². The van der Waals surface area contributed by atoms with Gasteiger partial charge in [-0.1, -0.05) is 42.1 Å². The van der Waals surface area contributed by atoms with Crippen molar-refractivity contribution in [3.8, 4) is 0 Å². The molecule has 0 radical (unpaired) electrons. The van der Waals surface area contributed by atoms with Gasteiger partial charge in [0.15, 0.2) is 5.17 Å². The van der Waals surface area contributed by atoms with Crippen LogP contribution in [0.25, 0.3) is 0 Å². The van der Waals surface area contributed by atoms with Crippen LogP contribution in [0.2, 0.25) is 0 Å². The smallest absolute Gasteiger partial charge is 0.242 e. The average molecular weight is 333 g/mol. The first-order chi connectivity index (χ1) is 11.1. The Morgan fingerprint density at radius 1 is 1.35 bits per heavy atom. The number of thioether (sulfide) groups is 1. The number of amidine groups is 1. The highest BCUT2D eigenvalue weighted by molar-refractivity contribution is 8.15. The van der Waals surface area contributed by atoms with Crippen LogP contribution in [0.3, 0.4) is 0 Å². The zero-order chi connectivity index (χ0) is 16.8. The zero-order valence-corrected chi connectivity index (χ0v) is 14.6. The van der Waals surface area contributed by atoms with E-state index in [1.807, 2.05) is 51.1 Å². The van der Waals surface area contributed by atoms with E-state index >= 15 is 0 Å². The van der Waals surface area contributed by atoms with Gasteiger partial charge in [0.25, 0.3) is 0 Å². The van der Waals surface area contributed by atoms with Gasteiger partial charge in [-0.2, -0.15) is 0 Å². The molecule has 2 atom stereocenters. The van der Waals surface area contributed by atoms with Crippen LogP contribution in [0.4, 0.5) is 0 Å². The lowest BCUT2D eigenvalue weighted by Crippen LogP contribution is -2.35. The molecule has 0 spiro atoms. The van der Waals surface area contributed by atoms with E-state index < -0.39 is 0 Å². The fraction of sp³-hybridized carbons (Fsp3) is 0.471. The van der Waals surface area contributed by atoms with Crippen molar-refractivity contribution in [3.63, 3.8) is 0 Å². The Morgan fingerprint density at radius 2 is 2.04 bits per heavy atom. The van der Waals surface area contributed by atoms with Crippen LogP contribution in [0.5, 0.6) is 0 Å². The van der Waals surface area contributed by atoms with Crippen LogP contribution in [0.1, 0.15) is 38.8 Å². The maximum Gasteiger partial charge on any atom is 0.242 e. The number of benzene rings is 1. The lowest BCUT2D eigenvalue weighted by molar-refractivity contribution is -0.129. The van der Waals surface area contributed by atoms with E-state index in [1.165, 1.54) is 11.8 Å². The number of aliphatic imine (C=N–C) groups is 1. The summed E-state index contributed by atoms with van der Waals surface area (Å²) in [6.45, 7) is 7.02. The third-order valence-electron chi connectivity index (χ3n) is 3.68. The maximum absolute atomic E-state index is 12.4. The zero-order valence-electron chi connectivity index (χ0n) is 13.8. The number of hydrogen-bond donors (Lipinski definition) is 1. The van der Waals surface area contributed by atoms with Crippen LogP contribution >= 0.6 is 11.8 Å². The van der Waals surface area contributed by atoms with Crippen molar-refractivity contribution >= 4 is 28.7 Å². The molecule has 6 heteroatoms. The van der Waals surface area contributed by atoms with E-state index in [0.717, 1.165) is 10.7 Å². The predicted octanol–water partition coefficient (Wildman–Crippen LogP) is 2.59. The monoisotopic (exact) mass is 333 g/mol. The molecular weight excluding hydrogens is 310 g/mol. The van der Waals surface area contributed by atoms with Gasteiger partial charge in [-0.25, -0.2) is 0 Å². The predicted molar refractivity (Wildman–Crippen MR) is 94.4 cm³/mol. The van der Waals surface area contributed by atoms with Crippen molar-refractivity contribution in [2.45, 2.75) is 38.5 Å². The summed E-state index contributed by atoms with van der Waals surface area (Å²) in [5, 5.41) is 3.32. The summed E-state index contributed by atoms with van der Waals surface area (Å²) in [5.74, 6) is -0.131. The van der Waals surface area contributed by atoms with E-state index in [9.17, 15) is 9.59 Å². The topological polar surface area (TPSA) is 61.8 Å². The number of nitrogens with one attached hydrogen (secondary N) is 1. The van der Waals surface area contributed by atoms with Crippen molar-refractivity contribution in [1.29, 1.82) is 0 Å². The molecule has 0 aliphatic carbocycles. The molecule has 1 N–H and O–H groups in total. The molecule has 23 heavy (non-hydrogen) atoms. The van der Waals surface area contributed by atoms with Crippen LogP contribution in [0, 0.1) is 0 Å². The summed E-state index contributed by atoms with van der Waals surface area (Å²) in [4.78, 5) is 30.6. The van der Waals surface area contributed by atoms with E-state index in [2.05, 4.69) is 10.3 Å². The van der Waals surface area contributed by atoms with Crippen molar-refractivity contribution in [1.82, 2.24) is 10.2 Å². The van der Waals surface area contributed by atoms with Gasteiger partial charge < -0.3 is 5.32 Å². The standard InChI is InChI=1S/C17H23N3O2S/c1-4-18-17-20(5-2)16(22)14(23-17)11-15(21)19-12(3)13-9-7-6-8-10-13/h6-10,12,14H,4-5,11H2,1-3H3,(H,19,21)/t12-,14+/m0/s1. The molecule has 1 aromatic carbocycles. The summed E-state index contributed by atoms with van der Waals surface area (Å²) in [6.07, 6.45) is 0.180. The van der Waals surface area contributed by atoms with Crippen LogP contribution in [-0.2, 0) is 9.59 Å². The van der Waals surface area contributed by atoms with Gasteiger partial charge in [-0.05, 0) is 26.3 Å². The number of rotatable bonds is 6. The van der Waals surface area contributed by atoms with E-state index in [0.29, 0.717) is 13.1 Å². The second-order valence-electron chi connectivity index (χ2n) is 5.35. The highest BCUT2D eigenvalue weighted by Gasteiger charge is 2.38. The minimum atomic E-state index is -0.372. The molecule has 1 aromatic rings. The van der Waals surface area contributed by atoms with Gasteiger partial charge in [0.05, 0.1) is 6.04 Å². The Hall–Kier alpha value is -1.82. The lowest BCUT2D eigenvalue weighted by atomic mass is 10.1. The normalized spacial score (nSPS) is 20.8. The van der Waals surface area contributed by atoms with Crippen molar-refractivity contribution in [3.05, 3.63) is 35.9 Å². The highest BCUT2D eigenvalue weighted by Crippen LogP contribution is 2.29. The van der Waals surface area contributed by atoms with E-state index in [4.69, 9.17) is 0 Å². The number of carbonyl (C=O) groups is 2. The first kappa shape index (κ1) is 17.5. The van der Waals surface area contributed by atoms with Gasteiger partial charge in [0.2, 0.25) is 11.8 Å². The third-order valence-corrected chi connectivity index (χ3v) is 4.89. The second kappa shape index (κ2) is 8.15. The van der Waals surface area contributed by atoms with Gasteiger partial charge in [-0.3, -0.25) is 19.5 Å². The number of hydrogen-bond acceptors (Lipinski definition) is 4. The molecule has 1 fully saturated rings. The molecule has 0 aromatic heterocycles. The number of nitrogens with zero attached hydrogens (tertiary/aromatic N) is 2. The highest BCUT2D eigenvalue weighted by atomic mass is 32.2. The minimum absolute atomic E-state index is 0.0211. The van der Waals surface area contributed by atoms with Gasteiger partial charge in [0, 0.05) is 19.5 Å². The Labute approximate surface area is 141 Å². The first-order valence-electron chi connectivity index (χ1n) is 7.93. The largest absolute Gasteiger partial charge is 0.350 e. The Kier molecular flexibility index (Phi) is 6.21.